The van der Waals surface area contributed by atoms with Gasteiger partial charge in [0.1, 0.15) is 6.10 Å². The molecular weight excluding hydrogens is 242 g/mol. The molecule has 0 aliphatic rings. The van der Waals surface area contributed by atoms with Crippen molar-refractivity contribution < 1.29 is 14.6 Å². The minimum atomic E-state index is -1.16. The lowest BCUT2D eigenvalue weighted by Crippen LogP contribution is -2.19. The summed E-state index contributed by atoms with van der Waals surface area (Å²) in [6, 6.07) is 8.39. The molecule has 0 bridgehead atoms. The Morgan fingerprint density at radius 2 is 2.26 bits per heavy atom. The fraction of sp³-hybridized carbons (Fsp3) is 0.333. The molecule has 0 spiro atoms. The summed E-state index contributed by atoms with van der Waals surface area (Å²) in [5.41, 5.74) is 0.834. The van der Waals surface area contributed by atoms with E-state index in [0.717, 1.165) is 0 Å². The van der Waals surface area contributed by atoms with Crippen molar-refractivity contribution in [1.82, 2.24) is 0 Å². The first-order valence-corrected chi connectivity index (χ1v) is 6.07. The van der Waals surface area contributed by atoms with E-state index >= 15 is 0 Å². The van der Waals surface area contributed by atoms with Crippen LogP contribution in [0.15, 0.2) is 36.4 Å². The van der Waals surface area contributed by atoms with Crippen molar-refractivity contribution in [2.24, 2.45) is 0 Å². The number of nitrogens with zero attached hydrogens (tertiary/aromatic N) is 1. The van der Waals surface area contributed by atoms with Gasteiger partial charge in [0.25, 0.3) is 0 Å². The molecule has 0 heterocycles. The summed E-state index contributed by atoms with van der Waals surface area (Å²) in [6.45, 7) is 7.23. The highest BCUT2D eigenvalue weighted by atomic mass is 16.5. The molecule has 2 atom stereocenters. The monoisotopic (exact) mass is 259 g/mol. The largest absolute Gasteiger partial charge is 0.459 e. The Kier molecular flexibility index (Phi) is 5.28. The molecule has 0 aliphatic heterocycles. The molecule has 2 unspecified atom stereocenters. The Morgan fingerprint density at radius 1 is 1.58 bits per heavy atom. The second-order valence-electron chi connectivity index (χ2n) is 4.29. The summed E-state index contributed by atoms with van der Waals surface area (Å²) in [7, 11) is 0. The molecule has 0 amide bonds. The second kappa shape index (κ2) is 6.72. The van der Waals surface area contributed by atoms with Gasteiger partial charge in [0, 0.05) is 0 Å². The third kappa shape index (κ3) is 3.94. The summed E-state index contributed by atoms with van der Waals surface area (Å²) in [6.07, 6.45) is -0.689. The van der Waals surface area contributed by atoms with Gasteiger partial charge in [-0.25, -0.2) is 4.79 Å². The molecule has 1 N–H and O–H groups in total. The predicted octanol–water partition coefficient (Wildman–Crippen LogP) is 2.49. The van der Waals surface area contributed by atoms with Crippen LogP contribution in [0, 0.1) is 11.3 Å². The summed E-state index contributed by atoms with van der Waals surface area (Å²) < 4.78 is 5.10. The lowest BCUT2D eigenvalue weighted by atomic mass is 10.0. The number of esters is 1. The van der Waals surface area contributed by atoms with Gasteiger partial charge in [-0.3, -0.25) is 0 Å². The first-order chi connectivity index (χ1) is 8.99. The molecule has 0 aromatic heterocycles. The van der Waals surface area contributed by atoms with E-state index in [1.165, 1.54) is 6.07 Å². The summed E-state index contributed by atoms with van der Waals surface area (Å²) >= 11 is 0. The van der Waals surface area contributed by atoms with Gasteiger partial charge in [-0.05, 0) is 31.0 Å². The smallest absolute Gasteiger partial charge is 0.336 e. The molecule has 1 rings (SSSR count). The van der Waals surface area contributed by atoms with E-state index in [9.17, 15) is 9.90 Å². The average Bonchev–Trinajstić information content (AvgIpc) is 2.45. The van der Waals surface area contributed by atoms with E-state index in [0.29, 0.717) is 17.5 Å². The maximum Gasteiger partial charge on any atom is 0.336 e. The number of aliphatic hydroxyl groups excluding tert-OH is 1. The molecule has 19 heavy (non-hydrogen) atoms. The van der Waals surface area contributed by atoms with Crippen molar-refractivity contribution in [3.8, 4) is 6.07 Å². The molecule has 1 aromatic rings. The van der Waals surface area contributed by atoms with Crippen LogP contribution in [0.4, 0.5) is 0 Å². The van der Waals surface area contributed by atoms with Gasteiger partial charge >= 0.3 is 5.97 Å². The van der Waals surface area contributed by atoms with Crippen molar-refractivity contribution in [2.45, 2.75) is 32.5 Å². The maximum atomic E-state index is 11.7. The van der Waals surface area contributed by atoms with Crippen LogP contribution in [0.2, 0.25) is 0 Å². The molecule has 0 radical (unpaired) electrons. The highest BCUT2D eigenvalue weighted by Gasteiger charge is 2.21. The molecule has 0 saturated heterocycles. The van der Waals surface area contributed by atoms with Crippen LogP contribution in [0.25, 0.3) is 0 Å². The standard InChI is InChI=1S/C15H17NO3/c1-4-10(2)19-15(18)11(3)14(17)13-7-5-6-12(8-13)9-16/h5-8,10,14,17H,3-4H2,1-2H3. The number of carbonyl (C=O) groups excluding carboxylic acids is 1. The third-order valence-electron chi connectivity index (χ3n) is 2.81. The van der Waals surface area contributed by atoms with E-state index in [2.05, 4.69) is 6.58 Å². The maximum absolute atomic E-state index is 11.7. The van der Waals surface area contributed by atoms with Crippen molar-refractivity contribution in [3.63, 3.8) is 0 Å². The lowest BCUT2D eigenvalue weighted by molar-refractivity contribution is -0.144. The number of rotatable bonds is 5. The summed E-state index contributed by atoms with van der Waals surface area (Å²) in [5, 5.41) is 18.9. The first-order valence-electron chi connectivity index (χ1n) is 6.07. The summed E-state index contributed by atoms with van der Waals surface area (Å²) in [5.74, 6) is -0.621. The molecule has 100 valence electrons. The van der Waals surface area contributed by atoms with Gasteiger partial charge in [0.2, 0.25) is 0 Å². The Labute approximate surface area is 112 Å². The van der Waals surface area contributed by atoms with Crippen molar-refractivity contribution in [1.29, 1.82) is 5.26 Å². The number of ether oxygens (including phenoxy) is 1. The van der Waals surface area contributed by atoms with Gasteiger partial charge < -0.3 is 9.84 Å². The summed E-state index contributed by atoms with van der Waals surface area (Å²) in [4.78, 5) is 11.7. The van der Waals surface area contributed by atoms with Crippen molar-refractivity contribution in [2.75, 3.05) is 0 Å². The van der Waals surface area contributed by atoms with E-state index < -0.39 is 12.1 Å². The molecule has 0 saturated carbocycles. The van der Waals surface area contributed by atoms with E-state index in [-0.39, 0.29) is 11.7 Å². The number of hydrogen-bond donors (Lipinski definition) is 1. The van der Waals surface area contributed by atoms with Crippen LogP contribution in [0.3, 0.4) is 0 Å². The number of hydrogen-bond acceptors (Lipinski definition) is 4. The van der Waals surface area contributed by atoms with Crippen LogP contribution >= 0.6 is 0 Å². The molecule has 1 aromatic carbocycles. The zero-order valence-corrected chi connectivity index (χ0v) is 11.1. The van der Waals surface area contributed by atoms with Crippen LogP contribution < -0.4 is 0 Å². The highest BCUT2D eigenvalue weighted by Crippen LogP contribution is 2.22. The van der Waals surface area contributed by atoms with Crippen LogP contribution in [-0.2, 0) is 9.53 Å². The lowest BCUT2D eigenvalue weighted by Gasteiger charge is -2.16. The molecule has 4 nitrogen and oxygen atoms in total. The van der Waals surface area contributed by atoms with Gasteiger partial charge in [-0.2, -0.15) is 5.26 Å². The van der Waals surface area contributed by atoms with Crippen LogP contribution in [0.1, 0.15) is 37.5 Å². The number of carbonyl (C=O) groups is 1. The Morgan fingerprint density at radius 3 is 2.84 bits per heavy atom. The normalized spacial score (nSPS) is 13.2. The van der Waals surface area contributed by atoms with Gasteiger partial charge in [-0.1, -0.05) is 25.6 Å². The fourth-order valence-electron chi connectivity index (χ4n) is 1.43. The predicted molar refractivity (Wildman–Crippen MR) is 71.1 cm³/mol. The van der Waals surface area contributed by atoms with Crippen molar-refractivity contribution >= 4 is 5.97 Å². The van der Waals surface area contributed by atoms with Gasteiger partial charge in [0.15, 0.2) is 0 Å². The SMILES string of the molecule is C=C(C(=O)OC(C)CC)C(O)c1cccc(C#N)c1. The van der Waals surface area contributed by atoms with Gasteiger partial charge in [-0.15, -0.1) is 0 Å². The minimum absolute atomic E-state index is 0.0320. The average molecular weight is 259 g/mol. The fourth-order valence-corrected chi connectivity index (χ4v) is 1.43. The molecule has 0 fully saturated rings. The van der Waals surface area contributed by atoms with Gasteiger partial charge in [0.05, 0.1) is 23.3 Å². The first kappa shape index (κ1) is 14.9. The Bertz CT molecular complexity index is 516. The van der Waals surface area contributed by atoms with E-state index in [1.54, 1.807) is 25.1 Å². The number of benzene rings is 1. The molecule has 0 aliphatic carbocycles. The Hall–Kier alpha value is -2.12. The molecular formula is C15H17NO3. The zero-order chi connectivity index (χ0) is 14.4. The zero-order valence-electron chi connectivity index (χ0n) is 11.1. The van der Waals surface area contributed by atoms with Crippen LogP contribution in [-0.4, -0.2) is 17.2 Å². The topological polar surface area (TPSA) is 70.3 Å². The minimum Gasteiger partial charge on any atom is -0.459 e. The van der Waals surface area contributed by atoms with Crippen molar-refractivity contribution in [3.05, 3.63) is 47.5 Å². The quantitative estimate of drug-likeness (QED) is 0.651. The van der Waals surface area contributed by atoms with Crippen LogP contribution in [0.5, 0.6) is 0 Å². The number of nitriles is 1. The third-order valence-corrected chi connectivity index (χ3v) is 2.81. The number of aliphatic hydroxyl groups is 1. The molecule has 4 heteroatoms. The van der Waals surface area contributed by atoms with E-state index in [1.807, 2.05) is 13.0 Å². The highest BCUT2D eigenvalue weighted by molar-refractivity contribution is 5.89. The Balaban J connectivity index is 2.82. The van der Waals surface area contributed by atoms with E-state index in [4.69, 9.17) is 10.00 Å². The second-order valence-corrected chi connectivity index (χ2v) is 4.29.